The highest BCUT2D eigenvalue weighted by atomic mass is 32.2. The van der Waals surface area contributed by atoms with E-state index in [-0.39, 0.29) is 11.4 Å². The third-order valence-electron chi connectivity index (χ3n) is 4.40. The van der Waals surface area contributed by atoms with Gasteiger partial charge in [-0.3, -0.25) is 4.79 Å². The van der Waals surface area contributed by atoms with Crippen molar-refractivity contribution in [1.29, 1.82) is 0 Å². The molecule has 0 fully saturated rings. The molecule has 1 amide bonds. The van der Waals surface area contributed by atoms with Crippen LogP contribution in [-0.2, 0) is 16.4 Å². The second-order valence-electron chi connectivity index (χ2n) is 5.97. The van der Waals surface area contributed by atoms with Gasteiger partial charge in [-0.2, -0.15) is 0 Å². The number of benzene rings is 2. The molecule has 3 aromatic rings. The number of H-pyrrole nitrogens is 1. The van der Waals surface area contributed by atoms with Crippen molar-refractivity contribution < 1.29 is 13.2 Å². The Kier molecular flexibility index (Phi) is 3.25. The van der Waals surface area contributed by atoms with E-state index in [2.05, 4.69) is 4.98 Å². The number of hydrogen-bond donors (Lipinski definition) is 1. The smallest absolute Gasteiger partial charge is 0.270 e. The molecule has 122 valence electrons. The van der Waals surface area contributed by atoms with E-state index in [0.29, 0.717) is 12.0 Å². The monoisotopic (exact) mass is 340 g/mol. The van der Waals surface area contributed by atoms with Crippen LogP contribution in [0.5, 0.6) is 0 Å². The van der Waals surface area contributed by atoms with Gasteiger partial charge in [-0.05, 0) is 25.1 Å². The molecule has 0 aliphatic carbocycles. The number of aryl methyl sites for hydroxylation is 1. The van der Waals surface area contributed by atoms with E-state index in [0.717, 1.165) is 26.5 Å². The Morgan fingerprint density at radius 1 is 1.04 bits per heavy atom. The summed E-state index contributed by atoms with van der Waals surface area (Å²) in [5, 5.41) is 0.765. The van der Waals surface area contributed by atoms with E-state index >= 15 is 0 Å². The average Bonchev–Trinajstić information content (AvgIpc) is 2.94. The van der Waals surface area contributed by atoms with Gasteiger partial charge >= 0.3 is 0 Å². The molecule has 2 aromatic carbocycles. The first-order valence-electron chi connectivity index (χ1n) is 7.72. The van der Waals surface area contributed by atoms with Gasteiger partial charge in [-0.1, -0.05) is 35.9 Å². The Hall–Kier alpha value is -2.60. The van der Waals surface area contributed by atoms with Gasteiger partial charge in [-0.25, -0.2) is 12.7 Å². The normalized spacial score (nSPS) is 14.9. The van der Waals surface area contributed by atoms with E-state index < -0.39 is 15.9 Å². The minimum absolute atomic E-state index is 0.143. The molecule has 1 aliphatic rings. The summed E-state index contributed by atoms with van der Waals surface area (Å²) in [7, 11) is -3.85. The van der Waals surface area contributed by atoms with Gasteiger partial charge in [0.1, 0.15) is 0 Å². The molecule has 1 N–H and O–H groups in total. The second kappa shape index (κ2) is 5.21. The summed E-state index contributed by atoms with van der Waals surface area (Å²) in [5.41, 5.74) is 3.09. The zero-order chi connectivity index (χ0) is 16.9. The first kappa shape index (κ1) is 15.0. The lowest BCUT2D eigenvalue weighted by Gasteiger charge is -2.26. The maximum absolute atomic E-state index is 12.9. The minimum atomic E-state index is -3.85. The molecule has 0 unspecified atom stereocenters. The summed E-state index contributed by atoms with van der Waals surface area (Å²) < 4.78 is 26.7. The fourth-order valence-electron chi connectivity index (χ4n) is 3.14. The summed E-state index contributed by atoms with van der Waals surface area (Å²) in [6, 6.07) is 14.0. The molecular weight excluding hydrogens is 324 g/mol. The van der Waals surface area contributed by atoms with E-state index in [1.54, 1.807) is 24.3 Å². The SMILES string of the molecule is Cc1ccc(S(=O)(=O)N2CCc3[nH]c4ccccc4c3C2=O)cc1. The molecule has 5 nitrogen and oxygen atoms in total. The number of aromatic amines is 1. The van der Waals surface area contributed by atoms with Crippen molar-refractivity contribution in [3.8, 4) is 0 Å². The van der Waals surface area contributed by atoms with E-state index in [1.807, 2.05) is 31.2 Å². The number of fused-ring (bicyclic) bond motifs is 3. The quantitative estimate of drug-likeness (QED) is 0.780. The first-order chi connectivity index (χ1) is 11.5. The molecule has 0 saturated carbocycles. The fraction of sp³-hybridized carbons (Fsp3) is 0.167. The van der Waals surface area contributed by atoms with Gasteiger partial charge in [0, 0.05) is 29.6 Å². The van der Waals surface area contributed by atoms with Gasteiger partial charge in [-0.15, -0.1) is 0 Å². The zero-order valence-corrected chi connectivity index (χ0v) is 13.9. The van der Waals surface area contributed by atoms with Gasteiger partial charge in [0.25, 0.3) is 15.9 Å². The highest BCUT2D eigenvalue weighted by Crippen LogP contribution is 2.30. The number of para-hydroxylation sites is 1. The number of nitrogens with zero attached hydrogens (tertiary/aromatic N) is 1. The molecule has 1 aromatic heterocycles. The maximum Gasteiger partial charge on any atom is 0.270 e. The fourth-order valence-corrected chi connectivity index (χ4v) is 4.51. The van der Waals surface area contributed by atoms with Gasteiger partial charge < -0.3 is 4.98 Å². The molecule has 0 atom stereocenters. The summed E-state index contributed by atoms with van der Waals surface area (Å²) in [6.07, 6.45) is 0.487. The number of amides is 1. The third kappa shape index (κ3) is 2.14. The van der Waals surface area contributed by atoms with Crippen LogP contribution < -0.4 is 0 Å². The van der Waals surface area contributed by atoms with Gasteiger partial charge in [0.05, 0.1) is 10.5 Å². The first-order valence-corrected chi connectivity index (χ1v) is 9.16. The zero-order valence-electron chi connectivity index (χ0n) is 13.1. The van der Waals surface area contributed by atoms with E-state index in [4.69, 9.17) is 0 Å². The van der Waals surface area contributed by atoms with Crippen molar-refractivity contribution in [2.75, 3.05) is 6.54 Å². The van der Waals surface area contributed by atoms with Crippen molar-refractivity contribution in [3.63, 3.8) is 0 Å². The number of carbonyl (C=O) groups excluding carboxylic acids is 1. The standard InChI is InChI=1S/C18H16N2O3S/c1-12-6-8-13(9-7-12)24(22,23)20-11-10-16-17(18(20)21)14-4-2-3-5-15(14)19-16/h2-9,19H,10-11H2,1H3. The van der Waals surface area contributed by atoms with Crippen LogP contribution in [0.25, 0.3) is 10.9 Å². The lowest BCUT2D eigenvalue weighted by molar-refractivity contribution is 0.0851. The highest BCUT2D eigenvalue weighted by Gasteiger charge is 2.36. The van der Waals surface area contributed by atoms with Crippen molar-refractivity contribution in [2.45, 2.75) is 18.2 Å². The predicted octanol–water partition coefficient (Wildman–Crippen LogP) is 2.86. The van der Waals surface area contributed by atoms with Crippen LogP contribution in [-0.4, -0.2) is 30.2 Å². The number of carbonyl (C=O) groups is 1. The van der Waals surface area contributed by atoms with Crippen LogP contribution in [0.1, 0.15) is 21.6 Å². The minimum Gasteiger partial charge on any atom is -0.358 e. The molecule has 2 heterocycles. The lowest BCUT2D eigenvalue weighted by Crippen LogP contribution is -2.41. The topological polar surface area (TPSA) is 70.2 Å². The van der Waals surface area contributed by atoms with Crippen LogP contribution >= 0.6 is 0 Å². The Bertz CT molecular complexity index is 1050. The number of rotatable bonds is 2. The van der Waals surface area contributed by atoms with Crippen LogP contribution in [0, 0.1) is 6.92 Å². The van der Waals surface area contributed by atoms with Crippen LogP contribution in [0.2, 0.25) is 0 Å². The molecule has 24 heavy (non-hydrogen) atoms. The van der Waals surface area contributed by atoms with E-state index in [1.165, 1.54) is 0 Å². The lowest BCUT2D eigenvalue weighted by atomic mass is 10.1. The molecular formula is C18H16N2O3S. The van der Waals surface area contributed by atoms with Crippen molar-refractivity contribution in [3.05, 3.63) is 65.4 Å². The van der Waals surface area contributed by atoms with Gasteiger partial charge in [0.2, 0.25) is 0 Å². The van der Waals surface area contributed by atoms with Crippen molar-refractivity contribution in [2.24, 2.45) is 0 Å². The van der Waals surface area contributed by atoms with Gasteiger partial charge in [0.15, 0.2) is 0 Å². The highest BCUT2D eigenvalue weighted by molar-refractivity contribution is 7.89. The third-order valence-corrected chi connectivity index (χ3v) is 6.19. The Morgan fingerprint density at radius 2 is 1.75 bits per heavy atom. The number of hydrogen-bond acceptors (Lipinski definition) is 3. The molecule has 4 rings (SSSR count). The van der Waals surface area contributed by atoms with Crippen molar-refractivity contribution >= 4 is 26.8 Å². The van der Waals surface area contributed by atoms with Crippen LogP contribution in [0.15, 0.2) is 53.4 Å². The number of sulfonamides is 1. The Labute approximate surface area is 140 Å². The predicted molar refractivity (Wildman–Crippen MR) is 91.4 cm³/mol. The second-order valence-corrected chi connectivity index (χ2v) is 7.83. The largest absolute Gasteiger partial charge is 0.358 e. The van der Waals surface area contributed by atoms with Crippen LogP contribution in [0.3, 0.4) is 0 Å². The molecule has 0 bridgehead atoms. The van der Waals surface area contributed by atoms with E-state index in [9.17, 15) is 13.2 Å². The summed E-state index contributed by atoms with van der Waals surface area (Å²) in [4.78, 5) is 16.3. The Balaban J connectivity index is 1.81. The average molecular weight is 340 g/mol. The molecule has 0 saturated heterocycles. The van der Waals surface area contributed by atoms with Crippen LogP contribution in [0.4, 0.5) is 0 Å². The number of aromatic nitrogens is 1. The summed E-state index contributed by atoms with van der Waals surface area (Å²) >= 11 is 0. The molecule has 1 aliphatic heterocycles. The molecule has 0 radical (unpaired) electrons. The van der Waals surface area contributed by atoms with Crippen molar-refractivity contribution in [1.82, 2.24) is 9.29 Å². The maximum atomic E-state index is 12.9. The summed E-state index contributed by atoms with van der Waals surface area (Å²) in [6.45, 7) is 2.04. The Morgan fingerprint density at radius 3 is 2.50 bits per heavy atom. The number of nitrogens with one attached hydrogen (secondary N) is 1. The summed E-state index contributed by atoms with van der Waals surface area (Å²) in [5.74, 6) is -0.464. The molecule has 0 spiro atoms. The molecule has 6 heteroatoms.